The van der Waals surface area contributed by atoms with E-state index < -0.39 is 0 Å². The summed E-state index contributed by atoms with van der Waals surface area (Å²) in [7, 11) is 7.57. The van der Waals surface area contributed by atoms with Crippen LogP contribution in [0.15, 0.2) is 24.3 Å². The predicted molar refractivity (Wildman–Crippen MR) is 48.0 cm³/mol. The summed E-state index contributed by atoms with van der Waals surface area (Å²) in [4.78, 5) is 0. The fraction of sp³-hybridized carbons (Fsp3) is 0. The van der Waals surface area contributed by atoms with Gasteiger partial charge in [-0.05, 0) is 0 Å². The summed E-state index contributed by atoms with van der Waals surface area (Å²) in [6.07, 6.45) is 0. The first kappa shape index (κ1) is 6.02. The van der Waals surface area contributed by atoms with E-state index in [1.807, 2.05) is 26.3 Å². The van der Waals surface area contributed by atoms with Crippen molar-refractivity contribution in [3.63, 3.8) is 0 Å². The molecule has 3 radical (unpaired) electrons. The van der Waals surface area contributed by atoms with Crippen molar-refractivity contribution in [1.82, 2.24) is 0 Å². The Morgan fingerprint density at radius 3 is 2.50 bits per heavy atom. The second-order valence-corrected chi connectivity index (χ2v) is 2.42. The van der Waals surface area contributed by atoms with Crippen LogP contribution >= 0.6 is 0 Å². The Bertz CT molecular complexity index is 291. The van der Waals surface area contributed by atoms with Crippen LogP contribution in [0, 0.1) is 0 Å². The minimum absolute atomic E-state index is 0.848. The summed E-state index contributed by atoms with van der Waals surface area (Å²) >= 11 is 0. The van der Waals surface area contributed by atoms with E-state index in [9.17, 15) is 0 Å². The van der Waals surface area contributed by atoms with E-state index in [1.165, 1.54) is 10.9 Å². The van der Waals surface area contributed by atoms with E-state index in [0.717, 1.165) is 5.26 Å². The molecule has 10 heavy (non-hydrogen) atoms. The summed E-state index contributed by atoms with van der Waals surface area (Å²) < 4.78 is 0. The Morgan fingerprint density at radius 2 is 1.80 bits per heavy atom. The molecule has 41 valence electrons. The van der Waals surface area contributed by atoms with Crippen LogP contribution < -0.4 is 10.9 Å². The average Bonchev–Trinajstić information content (AvgIpc) is 2.27. The van der Waals surface area contributed by atoms with E-state index in [-0.39, 0.29) is 0 Å². The topological polar surface area (TPSA) is 0 Å². The first-order valence-electron chi connectivity index (χ1n) is 3.27. The van der Waals surface area contributed by atoms with Crippen LogP contribution in [0.2, 0.25) is 0 Å². The van der Waals surface area contributed by atoms with Gasteiger partial charge in [0.15, 0.2) is 0 Å². The molecule has 0 bridgehead atoms. The molecule has 0 atom stereocenters. The monoisotopic (exact) mass is 121 g/mol. The Balaban J connectivity index is 2.54. The molecule has 0 N–H and O–H groups in total. The Labute approximate surface area is 63.2 Å². The standard InChI is InChI=1S/C7H4B3/c8-7-9-5-3-1-2-4-6(5)10-7/h1-4H. The Morgan fingerprint density at radius 1 is 1.10 bits per heavy atom. The van der Waals surface area contributed by atoms with Crippen molar-refractivity contribution in [3.05, 3.63) is 24.3 Å². The molecular formula is C7H4B3. The van der Waals surface area contributed by atoms with Crippen molar-refractivity contribution < 1.29 is 0 Å². The fourth-order valence-corrected chi connectivity index (χ4v) is 1.17. The minimum atomic E-state index is 0.848. The van der Waals surface area contributed by atoms with Crippen molar-refractivity contribution in [2.24, 2.45) is 0 Å². The first-order valence-corrected chi connectivity index (χ1v) is 3.27. The number of benzene rings is 1. The number of rotatable bonds is 0. The summed E-state index contributed by atoms with van der Waals surface area (Å²) in [5.41, 5.74) is 2.44. The van der Waals surface area contributed by atoms with Gasteiger partial charge >= 0.3 is 62.5 Å². The zero-order valence-electron chi connectivity index (χ0n) is 5.54. The number of hydrogen-bond donors (Lipinski definition) is 0. The van der Waals surface area contributed by atoms with Crippen molar-refractivity contribution in [2.45, 2.75) is 0 Å². The number of hydrogen-bond acceptors (Lipinski definition) is 0. The molecule has 0 aromatic heterocycles. The maximum absolute atomic E-state index is 5.59. The van der Waals surface area contributed by atoms with Crippen molar-refractivity contribution in [2.75, 3.05) is 0 Å². The first-order chi connectivity index (χ1) is 4.86. The third kappa shape index (κ3) is 0.861. The van der Waals surface area contributed by atoms with Gasteiger partial charge in [-0.25, -0.2) is 0 Å². The van der Waals surface area contributed by atoms with E-state index in [2.05, 4.69) is 12.1 Å². The molecule has 0 nitrogen and oxygen atoms in total. The average molecular weight is 121 g/mol. The molecule has 0 aliphatic carbocycles. The van der Waals surface area contributed by atoms with E-state index in [4.69, 9.17) is 7.85 Å². The fourth-order valence-electron chi connectivity index (χ4n) is 1.17. The van der Waals surface area contributed by atoms with E-state index in [1.54, 1.807) is 0 Å². The van der Waals surface area contributed by atoms with E-state index >= 15 is 0 Å². The molecular weight excluding hydrogens is 117 g/mol. The van der Waals surface area contributed by atoms with Gasteiger partial charge in [0.25, 0.3) is 0 Å². The quantitative estimate of drug-likeness (QED) is 0.370. The molecule has 2 rings (SSSR count). The van der Waals surface area contributed by atoms with Crippen LogP contribution in [-0.2, 0) is 0 Å². The molecule has 0 saturated carbocycles. The molecule has 0 spiro atoms. The number of fused-ring (bicyclic) bond motifs is 1. The summed E-state index contributed by atoms with van der Waals surface area (Å²) in [5.74, 6) is 0. The molecule has 1 heterocycles. The van der Waals surface area contributed by atoms with Crippen molar-refractivity contribution in [3.8, 4) is 0 Å². The van der Waals surface area contributed by atoms with Crippen LogP contribution in [0.3, 0.4) is 0 Å². The molecule has 1 aromatic rings. The Hall–Kier alpha value is -0.715. The van der Waals surface area contributed by atoms with Gasteiger partial charge in [-0.2, -0.15) is 0 Å². The van der Waals surface area contributed by atoms with Crippen molar-refractivity contribution >= 4 is 38.2 Å². The van der Waals surface area contributed by atoms with Crippen LogP contribution in [-0.4, -0.2) is 27.3 Å². The van der Waals surface area contributed by atoms with E-state index in [0.29, 0.717) is 0 Å². The SMILES string of the molecule is [B]C1=Bc2ccccc2[B]1. The molecule has 0 unspecified atom stereocenters. The second-order valence-electron chi connectivity index (χ2n) is 2.42. The zero-order valence-corrected chi connectivity index (χ0v) is 5.54. The van der Waals surface area contributed by atoms with Crippen molar-refractivity contribution in [1.29, 1.82) is 0 Å². The van der Waals surface area contributed by atoms with Crippen LogP contribution in [0.5, 0.6) is 0 Å². The third-order valence-electron chi connectivity index (χ3n) is 1.64. The molecule has 1 aliphatic rings. The molecule has 1 aliphatic heterocycles. The van der Waals surface area contributed by atoms with Gasteiger partial charge in [0.2, 0.25) is 0 Å². The summed E-state index contributed by atoms with van der Waals surface area (Å²) in [5, 5.41) is 0.848. The normalized spacial score (nSPS) is 13.0. The van der Waals surface area contributed by atoms with Crippen LogP contribution in [0.4, 0.5) is 0 Å². The zero-order chi connectivity index (χ0) is 6.97. The van der Waals surface area contributed by atoms with Gasteiger partial charge in [0.05, 0.1) is 0 Å². The van der Waals surface area contributed by atoms with Crippen LogP contribution in [0.1, 0.15) is 0 Å². The second kappa shape index (κ2) is 2.15. The molecule has 1 aromatic carbocycles. The predicted octanol–water partition coefficient (Wildman–Crippen LogP) is -1.38. The summed E-state index contributed by atoms with van der Waals surface area (Å²) in [6, 6.07) is 8.15. The van der Waals surface area contributed by atoms with Gasteiger partial charge < -0.3 is 0 Å². The van der Waals surface area contributed by atoms with Gasteiger partial charge in [0.1, 0.15) is 0 Å². The van der Waals surface area contributed by atoms with Gasteiger partial charge in [-0.3, -0.25) is 0 Å². The molecule has 0 fully saturated rings. The maximum atomic E-state index is 5.59. The molecule has 3 heteroatoms. The van der Waals surface area contributed by atoms with Gasteiger partial charge in [-0.15, -0.1) is 0 Å². The Kier molecular flexibility index (Phi) is 1.30. The summed E-state index contributed by atoms with van der Waals surface area (Å²) in [6.45, 7) is 1.98. The van der Waals surface area contributed by atoms with Gasteiger partial charge in [0, 0.05) is 0 Å². The molecule has 0 saturated heterocycles. The third-order valence-corrected chi connectivity index (χ3v) is 1.64. The van der Waals surface area contributed by atoms with Crippen LogP contribution in [0.25, 0.3) is 0 Å². The van der Waals surface area contributed by atoms with Gasteiger partial charge in [-0.1, -0.05) is 0 Å². The molecule has 0 amide bonds.